The molecule has 0 aromatic heterocycles. The number of carbonyl (C=O) groups excluding carboxylic acids is 2. The van der Waals surface area contributed by atoms with Crippen molar-refractivity contribution in [2.75, 3.05) is 20.1 Å². The Morgan fingerprint density at radius 2 is 1.68 bits per heavy atom. The Hall–Kier alpha value is -3.23. The van der Waals surface area contributed by atoms with E-state index in [1.54, 1.807) is 22.9 Å². The highest BCUT2D eigenvalue weighted by atomic mass is 19.4. The number of likely N-dealkylation sites (N-methyl/N-ethyl adjacent to an activating group) is 1. The van der Waals surface area contributed by atoms with Gasteiger partial charge in [0.2, 0.25) is 5.91 Å². The van der Waals surface area contributed by atoms with Gasteiger partial charge in [0.25, 0.3) is 0 Å². The van der Waals surface area contributed by atoms with Crippen molar-refractivity contribution in [2.24, 2.45) is 0 Å². The van der Waals surface area contributed by atoms with Crippen molar-refractivity contribution in [3.05, 3.63) is 65.7 Å². The average Bonchev–Trinajstić information content (AvgIpc) is 3.01. The highest BCUT2D eigenvalue weighted by molar-refractivity contribution is 5.90. The minimum absolute atomic E-state index is 0.0337. The molecule has 0 spiro atoms. The van der Waals surface area contributed by atoms with Gasteiger partial charge in [0, 0.05) is 32.1 Å². The van der Waals surface area contributed by atoms with Gasteiger partial charge in [-0.05, 0) is 11.6 Å². The Morgan fingerprint density at radius 3 is 2.39 bits per heavy atom. The number of halogens is 3. The SMILES string of the molecule is CN1C[C@H]2CN(Cc3ccccc3OC(F)(F)F)C(=O)N2[C@@H](Cc2ccccc2)C1=O. The van der Waals surface area contributed by atoms with E-state index in [-0.39, 0.29) is 35.8 Å². The number of rotatable bonds is 5. The first-order valence-electron chi connectivity index (χ1n) is 9.93. The van der Waals surface area contributed by atoms with Gasteiger partial charge in [-0.2, -0.15) is 0 Å². The number of amides is 3. The molecule has 0 saturated carbocycles. The van der Waals surface area contributed by atoms with E-state index in [1.165, 1.54) is 23.1 Å². The van der Waals surface area contributed by atoms with Crippen LogP contribution in [0, 0.1) is 0 Å². The van der Waals surface area contributed by atoms with E-state index in [1.807, 2.05) is 30.3 Å². The number of carbonyl (C=O) groups is 2. The minimum atomic E-state index is -4.82. The van der Waals surface area contributed by atoms with E-state index < -0.39 is 12.4 Å². The van der Waals surface area contributed by atoms with Crippen molar-refractivity contribution in [3.63, 3.8) is 0 Å². The van der Waals surface area contributed by atoms with E-state index in [4.69, 9.17) is 0 Å². The van der Waals surface area contributed by atoms with Crippen LogP contribution in [-0.4, -0.2) is 65.2 Å². The number of hydrogen-bond donors (Lipinski definition) is 0. The van der Waals surface area contributed by atoms with Crippen molar-refractivity contribution in [1.82, 2.24) is 14.7 Å². The third-order valence-electron chi connectivity index (χ3n) is 5.63. The maximum atomic E-state index is 13.2. The summed E-state index contributed by atoms with van der Waals surface area (Å²) in [5, 5.41) is 0. The number of fused-ring (bicyclic) bond motifs is 1. The normalized spacial score (nSPS) is 21.5. The lowest BCUT2D eigenvalue weighted by molar-refractivity contribution is -0.275. The second-order valence-corrected chi connectivity index (χ2v) is 7.80. The van der Waals surface area contributed by atoms with Crippen LogP contribution in [0.2, 0.25) is 0 Å². The number of urea groups is 1. The fourth-order valence-corrected chi connectivity index (χ4v) is 4.27. The molecule has 2 aromatic rings. The fraction of sp³-hybridized carbons (Fsp3) is 0.364. The van der Waals surface area contributed by atoms with Gasteiger partial charge < -0.3 is 19.4 Å². The number of alkyl halides is 3. The Bertz CT molecular complexity index is 967. The molecule has 0 bridgehead atoms. The summed E-state index contributed by atoms with van der Waals surface area (Å²) >= 11 is 0. The summed E-state index contributed by atoms with van der Waals surface area (Å²) in [6, 6.07) is 14.0. The van der Waals surface area contributed by atoms with Gasteiger partial charge in [-0.15, -0.1) is 13.2 Å². The summed E-state index contributed by atoms with van der Waals surface area (Å²) in [6.45, 7) is 0.670. The van der Waals surface area contributed by atoms with Crippen molar-refractivity contribution in [2.45, 2.75) is 31.4 Å². The van der Waals surface area contributed by atoms with E-state index >= 15 is 0 Å². The zero-order valence-corrected chi connectivity index (χ0v) is 16.9. The summed E-state index contributed by atoms with van der Waals surface area (Å²) in [6.07, 6.45) is -4.44. The van der Waals surface area contributed by atoms with Gasteiger partial charge in [0.05, 0.1) is 12.6 Å². The first-order valence-corrected chi connectivity index (χ1v) is 9.93. The maximum Gasteiger partial charge on any atom is 0.573 e. The highest BCUT2D eigenvalue weighted by Crippen LogP contribution is 2.31. The molecule has 164 valence electrons. The lowest BCUT2D eigenvalue weighted by Gasteiger charge is -2.40. The molecule has 0 N–H and O–H groups in total. The van der Waals surface area contributed by atoms with E-state index in [0.717, 1.165) is 5.56 Å². The van der Waals surface area contributed by atoms with Crippen LogP contribution in [0.25, 0.3) is 0 Å². The molecule has 0 aliphatic carbocycles. The average molecular weight is 433 g/mol. The summed E-state index contributed by atoms with van der Waals surface area (Å²) in [4.78, 5) is 30.8. The molecule has 2 heterocycles. The molecule has 2 aliphatic heterocycles. The lowest BCUT2D eigenvalue weighted by Crippen LogP contribution is -2.60. The quantitative estimate of drug-likeness (QED) is 0.727. The zero-order chi connectivity index (χ0) is 22.2. The molecule has 3 amide bonds. The van der Waals surface area contributed by atoms with Crippen LogP contribution in [-0.2, 0) is 17.8 Å². The molecule has 2 saturated heterocycles. The molecular weight excluding hydrogens is 411 g/mol. The lowest BCUT2D eigenvalue weighted by atomic mass is 9.99. The van der Waals surface area contributed by atoms with Crippen molar-refractivity contribution in [1.29, 1.82) is 0 Å². The van der Waals surface area contributed by atoms with Gasteiger partial charge in [0.1, 0.15) is 11.8 Å². The molecular formula is C22H22F3N3O3. The molecule has 4 rings (SSSR count). The van der Waals surface area contributed by atoms with Gasteiger partial charge in [-0.3, -0.25) is 4.79 Å². The molecule has 6 nitrogen and oxygen atoms in total. The van der Waals surface area contributed by atoms with Crippen LogP contribution < -0.4 is 4.74 Å². The molecule has 9 heteroatoms. The van der Waals surface area contributed by atoms with Gasteiger partial charge in [-0.25, -0.2) is 4.79 Å². The summed E-state index contributed by atoms with van der Waals surface area (Å²) in [5.41, 5.74) is 1.19. The number of nitrogens with zero attached hydrogens (tertiary/aromatic N) is 3. The van der Waals surface area contributed by atoms with Crippen molar-refractivity contribution < 1.29 is 27.5 Å². The van der Waals surface area contributed by atoms with Gasteiger partial charge in [0.15, 0.2) is 0 Å². The second kappa shape index (κ2) is 8.13. The first kappa shape index (κ1) is 21.0. The van der Waals surface area contributed by atoms with Crippen LogP contribution in [0.4, 0.5) is 18.0 Å². The summed E-state index contributed by atoms with van der Waals surface area (Å²) < 4.78 is 42.3. The van der Waals surface area contributed by atoms with Crippen LogP contribution in [0.3, 0.4) is 0 Å². The monoisotopic (exact) mass is 433 g/mol. The number of benzene rings is 2. The fourth-order valence-electron chi connectivity index (χ4n) is 4.27. The smallest absolute Gasteiger partial charge is 0.405 e. The van der Waals surface area contributed by atoms with Gasteiger partial charge >= 0.3 is 12.4 Å². The highest BCUT2D eigenvalue weighted by Gasteiger charge is 2.48. The molecule has 2 aromatic carbocycles. The Labute approximate surface area is 177 Å². The van der Waals surface area contributed by atoms with Gasteiger partial charge in [-0.1, -0.05) is 48.5 Å². The van der Waals surface area contributed by atoms with Crippen LogP contribution in [0.1, 0.15) is 11.1 Å². The summed E-state index contributed by atoms with van der Waals surface area (Å²) in [7, 11) is 1.71. The van der Waals surface area contributed by atoms with Crippen LogP contribution in [0.15, 0.2) is 54.6 Å². The maximum absolute atomic E-state index is 13.2. The third kappa shape index (κ3) is 4.45. The molecule has 2 aliphatic rings. The molecule has 0 radical (unpaired) electrons. The number of ether oxygens (including phenoxy) is 1. The van der Waals surface area contributed by atoms with E-state index in [0.29, 0.717) is 19.5 Å². The number of para-hydroxylation sites is 1. The predicted molar refractivity (Wildman–Crippen MR) is 106 cm³/mol. The van der Waals surface area contributed by atoms with Crippen molar-refractivity contribution in [3.8, 4) is 5.75 Å². The first-order chi connectivity index (χ1) is 14.7. The summed E-state index contributed by atoms with van der Waals surface area (Å²) in [5.74, 6) is -0.474. The molecule has 0 unspecified atom stereocenters. The number of hydrogen-bond acceptors (Lipinski definition) is 3. The minimum Gasteiger partial charge on any atom is -0.405 e. The Kier molecular flexibility index (Phi) is 5.51. The van der Waals surface area contributed by atoms with E-state index in [2.05, 4.69) is 4.74 Å². The predicted octanol–water partition coefficient (Wildman–Crippen LogP) is 3.27. The molecule has 31 heavy (non-hydrogen) atoms. The molecule has 2 atom stereocenters. The van der Waals surface area contributed by atoms with Crippen LogP contribution in [0.5, 0.6) is 5.75 Å². The number of piperazine rings is 1. The van der Waals surface area contributed by atoms with E-state index in [9.17, 15) is 22.8 Å². The molecule has 2 fully saturated rings. The topological polar surface area (TPSA) is 53.1 Å². The van der Waals surface area contributed by atoms with Crippen molar-refractivity contribution >= 4 is 11.9 Å². The second-order valence-electron chi connectivity index (χ2n) is 7.80. The van der Waals surface area contributed by atoms with Crippen LogP contribution >= 0.6 is 0 Å². The standard InChI is InChI=1S/C22H22F3N3O3/c1-26-13-17-14-27(12-16-9-5-6-10-19(16)31-22(23,24)25)21(30)28(17)18(20(26)29)11-15-7-3-2-4-8-15/h2-10,17-18H,11-14H2,1H3/t17-,18-/m0/s1. The Balaban J connectivity index is 1.56. The Morgan fingerprint density at radius 1 is 1.00 bits per heavy atom. The third-order valence-corrected chi connectivity index (χ3v) is 5.63. The zero-order valence-electron chi connectivity index (χ0n) is 16.9. The largest absolute Gasteiger partial charge is 0.573 e.